The minimum Gasteiger partial charge on any atom is -0.497 e. The summed E-state index contributed by atoms with van der Waals surface area (Å²) in [5, 5.41) is 3.10. The number of hydrogen-bond acceptors (Lipinski definition) is 2. The highest BCUT2D eigenvalue weighted by Gasteiger charge is 2.33. The summed E-state index contributed by atoms with van der Waals surface area (Å²) in [5.74, 6) is 1.10. The summed E-state index contributed by atoms with van der Waals surface area (Å²) in [5.41, 5.74) is 1.08. The maximum atomic E-state index is 12.3. The van der Waals surface area contributed by atoms with E-state index in [1.165, 1.54) is 31.2 Å². The molecule has 0 bridgehead atoms. The highest BCUT2D eigenvalue weighted by Crippen LogP contribution is 2.35. The average molecular weight is 319 g/mol. The molecule has 0 aromatic heterocycles. The molecule has 1 N–H and O–H groups in total. The molecule has 1 aromatic rings. The number of benzene rings is 1. The minimum absolute atomic E-state index is 0.141. The fourth-order valence-electron chi connectivity index (χ4n) is 2.89. The summed E-state index contributed by atoms with van der Waals surface area (Å²) in [6, 6.07) is 8.01. The number of carbonyl (C=O) groups is 1. The molecule has 3 heteroatoms. The number of nitrogens with one attached hydrogen (secondary N) is 1. The van der Waals surface area contributed by atoms with Gasteiger partial charge in [0.05, 0.1) is 7.11 Å². The summed E-state index contributed by atoms with van der Waals surface area (Å²) in [7, 11) is 1.67. The molecule has 23 heavy (non-hydrogen) atoms. The monoisotopic (exact) mass is 319 g/mol. The SMILES string of the molecule is CCC.COc1ccc(CCNC(=O)C2(C)CCCCC2)cc1. The third-order valence-electron chi connectivity index (χ3n) is 4.36. The van der Waals surface area contributed by atoms with Gasteiger partial charge in [0.2, 0.25) is 5.91 Å². The van der Waals surface area contributed by atoms with Crippen LogP contribution in [0.2, 0.25) is 0 Å². The molecule has 130 valence electrons. The third-order valence-corrected chi connectivity index (χ3v) is 4.36. The largest absolute Gasteiger partial charge is 0.497 e. The van der Waals surface area contributed by atoms with Gasteiger partial charge in [0.25, 0.3) is 0 Å². The van der Waals surface area contributed by atoms with E-state index in [1.807, 2.05) is 24.3 Å². The van der Waals surface area contributed by atoms with Crippen molar-refractivity contribution >= 4 is 5.91 Å². The van der Waals surface area contributed by atoms with E-state index in [2.05, 4.69) is 26.1 Å². The van der Waals surface area contributed by atoms with Crippen LogP contribution >= 0.6 is 0 Å². The first kappa shape index (κ1) is 19.5. The molecule has 1 aliphatic rings. The Hall–Kier alpha value is -1.51. The van der Waals surface area contributed by atoms with E-state index < -0.39 is 0 Å². The summed E-state index contributed by atoms with van der Waals surface area (Å²) in [4.78, 5) is 12.3. The molecule has 0 aliphatic heterocycles. The van der Waals surface area contributed by atoms with Gasteiger partial charge in [-0.25, -0.2) is 0 Å². The fourth-order valence-corrected chi connectivity index (χ4v) is 2.89. The van der Waals surface area contributed by atoms with E-state index in [4.69, 9.17) is 4.74 Å². The molecule has 0 saturated heterocycles. The maximum Gasteiger partial charge on any atom is 0.225 e. The van der Waals surface area contributed by atoms with Crippen molar-refractivity contribution in [1.82, 2.24) is 5.32 Å². The second-order valence-electron chi connectivity index (χ2n) is 6.68. The smallest absolute Gasteiger partial charge is 0.225 e. The van der Waals surface area contributed by atoms with E-state index in [0.717, 1.165) is 25.0 Å². The number of hydrogen-bond donors (Lipinski definition) is 1. The van der Waals surface area contributed by atoms with Gasteiger partial charge >= 0.3 is 0 Å². The Balaban J connectivity index is 0.000000816. The molecule has 0 radical (unpaired) electrons. The summed E-state index contributed by atoms with van der Waals surface area (Å²) in [6.07, 6.45) is 7.81. The lowest BCUT2D eigenvalue weighted by atomic mass is 9.75. The standard InChI is InChI=1S/C17H25NO2.C3H8/c1-17(11-4-3-5-12-17)16(19)18-13-10-14-6-8-15(20-2)9-7-14;1-3-2/h6-9H,3-5,10-13H2,1-2H3,(H,18,19);3H2,1-2H3. The number of rotatable bonds is 5. The van der Waals surface area contributed by atoms with Crippen LogP contribution in [0.25, 0.3) is 0 Å². The quantitative estimate of drug-likeness (QED) is 0.851. The van der Waals surface area contributed by atoms with Crippen molar-refractivity contribution < 1.29 is 9.53 Å². The van der Waals surface area contributed by atoms with Crippen molar-refractivity contribution in [2.75, 3.05) is 13.7 Å². The van der Waals surface area contributed by atoms with Crippen LogP contribution in [0.3, 0.4) is 0 Å². The molecule has 1 saturated carbocycles. The van der Waals surface area contributed by atoms with Crippen molar-refractivity contribution in [1.29, 1.82) is 0 Å². The topological polar surface area (TPSA) is 38.3 Å². The lowest BCUT2D eigenvalue weighted by Crippen LogP contribution is -2.41. The molecule has 1 aliphatic carbocycles. The van der Waals surface area contributed by atoms with Crippen LogP contribution < -0.4 is 10.1 Å². The average Bonchev–Trinajstić information content (AvgIpc) is 2.57. The molecule has 1 fully saturated rings. The molecular formula is C20H33NO2. The molecule has 1 amide bonds. The Kier molecular flexibility index (Phi) is 8.75. The zero-order chi connectivity index (χ0) is 17.1. The number of ether oxygens (including phenoxy) is 1. The van der Waals surface area contributed by atoms with Gasteiger partial charge in [0.1, 0.15) is 5.75 Å². The first-order valence-corrected chi connectivity index (χ1v) is 8.97. The van der Waals surface area contributed by atoms with Gasteiger partial charge in [-0.1, -0.05) is 58.6 Å². The Morgan fingerprint density at radius 2 is 1.70 bits per heavy atom. The Bertz CT molecular complexity index is 447. The van der Waals surface area contributed by atoms with Crippen molar-refractivity contribution in [2.24, 2.45) is 5.41 Å². The van der Waals surface area contributed by atoms with Crippen LogP contribution in [-0.2, 0) is 11.2 Å². The van der Waals surface area contributed by atoms with Gasteiger partial charge in [-0.15, -0.1) is 0 Å². The second kappa shape index (κ2) is 10.3. The van der Waals surface area contributed by atoms with Gasteiger partial charge in [0.15, 0.2) is 0 Å². The van der Waals surface area contributed by atoms with Gasteiger partial charge < -0.3 is 10.1 Å². The van der Waals surface area contributed by atoms with E-state index in [9.17, 15) is 4.79 Å². The Morgan fingerprint density at radius 3 is 2.22 bits per heavy atom. The van der Waals surface area contributed by atoms with Crippen LogP contribution in [0.5, 0.6) is 5.75 Å². The highest BCUT2D eigenvalue weighted by molar-refractivity contribution is 5.82. The second-order valence-corrected chi connectivity index (χ2v) is 6.68. The lowest BCUT2D eigenvalue weighted by Gasteiger charge is -2.32. The van der Waals surface area contributed by atoms with Crippen LogP contribution in [0.1, 0.15) is 64.9 Å². The van der Waals surface area contributed by atoms with Crippen LogP contribution in [0, 0.1) is 5.41 Å². The molecule has 3 nitrogen and oxygen atoms in total. The highest BCUT2D eigenvalue weighted by atomic mass is 16.5. The van der Waals surface area contributed by atoms with Crippen LogP contribution in [0.4, 0.5) is 0 Å². The fraction of sp³-hybridized carbons (Fsp3) is 0.650. The molecule has 2 rings (SSSR count). The van der Waals surface area contributed by atoms with Gasteiger partial charge in [-0.3, -0.25) is 4.79 Å². The first-order valence-electron chi connectivity index (χ1n) is 8.97. The van der Waals surface area contributed by atoms with Gasteiger partial charge in [0, 0.05) is 12.0 Å². The normalized spacial score (nSPS) is 16.0. The predicted molar refractivity (Wildman–Crippen MR) is 96.9 cm³/mol. The van der Waals surface area contributed by atoms with Gasteiger partial charge in [-0.05, 0) is 37.0 Å². The van der Waals surface area contributed by atoms with E-state index in [0.29, 0.717) is 6.54 Å². The molecular weight excluding hydrogens is 286 g/mol. The minimum atomic E-state index is -0.141. The number of amides is 1. The van der Waals surface area contributed by atoms with Crippen molar-refractivity contribution in [3.05, 3.63) is 29.8 Å². The lowest BCUT2D eigenvalue weighted by molar-refractivity contribution is -0.131. The Morgan fingerprint density at radius 1 is 1.13 bits per heavy atom. The summed E-state index contributed by atoms with van der Waals surface area (Å²) >= 11 is 0. The van der Waals surface area contributed by atoms with E-state index >= 15 is 0 Å². The zero-order valence-electron chi connectivity index (χ0n) is 15.3. The Labute approximate surface area is 141 Å². The third kappa shape index (κ3) is 6.64. The summed E-state index contributed by atoms with van der Waals surface area (Å²) < 4.78 is 5.13. The predicted octanol–water partition coefficient (Wildman–Crippen LogP) is 4.74. The molecule has 0 spiro atoms. The zero-order valence-corrected chi connectivity index (χ0v) is 15.3. The molecule has 0 unspecified atom stereocenters. The molecule has 0 atom stereocenters. The summed E-state index contributed by atoms with van der Waals surface area (Å²) in [6.45, 7) is 7.07. The molecule has 1 aromatic carbocycles. The number of methoxy groups -OCH3 is 1. The van der Waals surface area contributed by atoms with Crippen LogP contribution in [0.15, 0.2) is 24.3 Å². The van der Waals surface area contributed by atoms with Crippen LogP contribution in [-0.4, -0.2) is 19.6 Å². The van der Waals surface area contributed by atoms with E-state index in [-0.39, 0.29) is 11.3 Å². The van der Waals surface area contributed by atoms with Crippen molar-refractivity contribution in [3.63, 3.8) is 0 Å². The number of carbonyl (C=O) groups excluding carboxylic acids is 1. The van der Waals surface area contributed by atoms with Crippen molar-refractivity contribution in [3.8, 4) is 5.75 Å². The van der Waals surface area contributed by atoms with Crippen molar-refractivity contribution in [2.45, 2.75) is 65.7 Å². The maximum absolute atomic E-state index is 12.3. The van der Waals surface area contributed by atoms with Gasteiger partial charge in [-0.2, -0.15) is 0 Å². The van der Waals surface area contributed by atoms with E-state index in [1.54, 1.807) is 7.11 Å². The first-order chi connectivity index (χ1) is 11.1. The molecule has 0 heterocycles.